The molecule has 5 nitrogen and oxygen atoms in total. The predicted octanol–water partition coefficient (Wildman–Crippen LogP) is 3.68. The van der Waals surface area contributed by atoms with Crippen molar-refractivity contribution in [3.8, 4) is 11.5 Å². The molecule has 0 saturated carbocycles. The number of hydrogen-bond donors (Lipinski definition) is 1. The van der Waals surface area contributed by atoms with E-state index in [1.54, 1.807) is 17.6 Å². The third kappa shape index (κ3) is 3.28. The molecule has 0 aliphatic carbocycles. The van der Waals surface area contributed by atoms with E-state index in [9.17, 15) is 0 Å². The molecule has 21 heavy (non-hydrogen) atoms. The standard InChI is InChI=1S/C15H16N4OS/c1-3-13-18-19-14(21-13)8-16-12-6-4-5-11(7-12)15-17-10(2)9-20-15/h4-7,9,16H,3,8H2,1-2H3. The van der Waals surface area contributed by atoms with Gasteiger partial charge < -0.3 is 9.73 Å². The minimum absolute atomic E-state index is 0.639. The molecule has 3 aromatic rings. The molecule has 0 saturated heterocycles. The first kappa shape index (κ1) is 13.8. The lowest BCUT2D eigenvalue weighted by Crippen LogP contribution is -1.99. The van der Waals surface area contributed by atoms with E-state index in [1.807, 2.05) is 31.2 Å². The predicted molar refractivity (Wildman–Crippen MR) is 83.3 cm³/mol. The molecule has 0 bridgehead atoms. The number of nitrogens with zero attached hydrogens (tertiary/aromatic N) is 3. The smallest absolute Gasteiger partial charge is 0.226 e. The lowest BCUT2D eigenvalue weighted by molar-refractivity contribution is 0.573. The Hall–Kier alpha value is -2.21. The van der Waals surface area contributed by atoms with Gasteiger partial charge in [0, 0.05) is 11.3 Å². The van der Waals surface area contributed by atoms with E-state index in [1.165, 1.54) is 0 Å². The van der Waals surface area contributed by atoms with Crippen LogP contribution in [0.3, 0.4) is 0 Å². The minimum Gasteiger partial charge on any atom is -0.444 e. The molecule has 0 unspecified atom stereocenters. The van der Waals surface area contributed by atoms with E-state index in [0.29, 0.717) is 12.4 Å². The summed E-state index contributed by atoms with van der Waals surface area (Å²) in [4.78, 5) is 4.34. The zero-order valence-corrected chi connectivity index (χ0v) is 12.8. The molecule has 1 N–H and O–H groups in total. The Morgan fingerprint density at radius 1 is 1.24 bits per heavy atom. The first-order chi connectivity index (χ1) is 10.2. The van der Waals surface area contributed by atoms with Gasteiger partial charge in [0.05, 0.1) is 12.2 Å². The molecule has 6 heteroatoms. The van der Waals surface area contributed by atoms with Gasteiger partial charge in [-0.05, 0) is 31.5 Å². The first-order valence-electron chi connectivity index (χ1n) is 6.82. The summed E-state index contributed by atoms with van der Waals surface area (Å²) >= 11 is 1.64. The fourth-order valence-corrected chi connectivity index (χ4v) is 2.65. The van der Waals surface area contributed by atoms with Gasteiger partial charge in [0.25, 0.3) is 0 Å². The monoisotopic (exact) mass is 300 g/mol. The number of anilines is 1. The zero-order chi connectivity index (χ0) is 14.7. The van der Waals surface area contributed by atoms with Gasteiger partial charge >= 0.3 is 0 Å². The van der Waals surface area contributed by atoms with Crippen molar-refractivity contribution in [2.24, 2.45) is 0 Å². The van der Waals surface area contributed by atoms with E-state index < -0.39 is 0 Å². The second-order valence-corrected chi connectivity index (χ2v) is 5.82. The van der Waals surface area contributed by atoms with Gasteiger partial charge in [-0.1, -0.05) is 24.3 Å². The number of oxazole rings is 1. The number of aromatic nitrogens is 3. The first-order valence-corrected chi connectivity index (χ1v) is 7.64. The number of benzene rings is 1. The molecule has 0 spiro atoms. The second kappa shape index (κ2) is 6.05. The Morgan fingerprint density at radius 3 is 2.81 bits per heavy atom. The van der Waals surface area contributed by atoms with Crippen LogP contribution >= 0.6 is 11.3 Å². The van der Waals surface area contributed by atoms with Gasteiger partial charge in [0.1, 0.15) is 16.3 Å². The van der Waals surface area contributed by atoms with Crippen LogP contribution < -0.4 is 5.32 Å². The summed E-state index contributed by atoms with van der Waals surface area (Å²) in [7, 11) is 0. The van der Waals surface area contributed by atoms with Crippen LogP contribution in [0, 0.1) is 6.92 Å². The van der Waals surface area contributed by atoms with Crippen LogP contribution in [0.2, 0.25) is 0 Å². The van der Waals surface area contributed by atoms with E-state index >= 15 is 0 Å². The molecular weight excluding hydrogens is 284 g/mol. The molecule has 1 aromatic carbocycles. The molecule has 0 aliphatic rings. The SMILES string of the molecule is CCc1nnc(CNc2cccc(-c3nc(C)co3)c2)s1. The van der Waals surface area contributed by atoms with E-state index in [4.69, 9.17) is 4.42 Å². The molecule has 0 fully saturated rings. The number of hydrogen-bond acceptors (Lipinski definition) is 6. The van der Waals surface area contributed by atoms with E-state index in [0.717, 1.165) is 33.4 Å². The van der Waals surface area contributed by atoms with E-state index in [-0.39, 0.29) is 0 Å². The lowest BCUT2D eigenvalue weighted by Gasteiger charge is -2.05. The van der Waals surface area contributed by atoms with Crippen LogP contribution in [0.5, 0.6) is 0 Å². The highest BCUT2D eigenvalue weighted by Gasteiger charge is 2.06. The molecule has 0 radical (unpaired) electrons. The van der Waals surface area contributed by atoms with Gasteiger partial charge in [0.15, 0.2) is 0 Å². The molecule has 0 atom stereocenters. The third-order valence-corrected chi connectivity index (χ3v) is 4.05. The maximum atomic E-state index is 5.43. The number of nitrogens with one attached hydrogen (secondary N) is 1. The Balaban J connectivity index is 1.71. The van der Waals surface area contributed by atoms with Gasteiger partial charge in [-0.3, -0.25) is 0 Å². The average Bonchev–Trinajstić information content (AvgIpc) is 3.14. The Kier molecular flexibility index (Phi) is 3.96. The van der Waals surface area contributed by atoms with Crippen LogP contribution in [0.4, 0.5) is 5.69 Å². The summed E-state index contributed by atoms with van der Waals surface area (Å²) in [6, 6.07) is 8.00. The largest absolute Gasteiger partial charge is 0.444 e. The van der Waals surface area contributed by atoms with Crippen molar-refractivity contribution >= 4 is 17.0 Å². The molecule has 2 heterocycles. The number of rotatable bonds is 5. The summed E-state index contributed by atoms with van der Waals surface area (Å²) in [6.07, 6.45) is 2.58. The van der Waals surface area contributed by atoms with Gasteiger partial charge in [-0.25, -0.2) is 4.98 Å². The van der Waals surface area contributed by atoms with E-state index in [2.05, 4.69) is 27.4 Å². The van der Waals surface area contributed by atoms with Crippen LogP contribution in [0.1, 0.15) is 22.6 Å². The molecule has 3 rings (SSSR count). The molecule has 2 aromatic heterocycles. The minimum atomic E-state index is 0.639. The zero-order valence-electron chi connectivity index (χ0n) is 12.0. The van der Waals surface area contributed by atoms with Crippen molar-refractivity contribution in [3.05, 3.63) is 46.2 Å². The van der Waals surface area contributed by atoms with Gasteiger partial charge in [-0.2, -0.15) is 0 Å². The average molecular weight is 300 g/mol. The summed E-state index contributed by atoms with van der Waals surface area (Å²) in [5.41, 5.74) is 2.85. The molecular formula is C15H16N4OS. The maximum Gasteiger partial charge on any atom is 0.226 e. The van der Waals surface area contributed by atoms with Gasteiger partial charge in [-0.15, -0.1) is 10.2 Å². The fourth-order valence-electron chi connectivity index (χ4n) is 1.93. The van der Waals surface area contributed by atoms with Crippen molar-refractivity contribution in [1.82, 2.24) is 15.2 Å². The van der Waals surface area contributed by atoms with Crippen LogP contribution in [0.25, 0.3) is 11.5 Å². The highest BCUT2D eigenvalue weighted by molar-refractivity contribution is 7.11. The topological polar surface area (TPSA) is 63.8 Å². The van der Waals surface area contributed by atoms with Gasteiger partial charge in [0.2, 0.25) is 5.89 Å². The molecule has 0 amide bonds. The molecule has 108 valence electrons. The van der Waals surface area contributed by atoms with Crippen LogP contribution in [-0.4, -0.2) is 15.2 Å². The Bertz CT molecular complexity index is 735. The van der Waals surface area contributed by atoms with Crippen molar-refractivity contribution in [2.75, 3.05) is 5.32 Å². The quantitative estimate of drug-likeness (QED) is 0.778. The summed E-state index contributed by atoms with van der Waals surface area (Å²) in [5.74, 6) is 0.639. The summed E-state index contributed by atoms with van der Waals surface area (Å²) in [6.45, 7) is 4.67. The number of aryl methyl sites for hydroxylation is 2. The molecule has 0 aliphatic heterocycles. The lowest BCUT2D eigenvalue weighted by atomic mass is 10.2. The van der Waals surface area contributed by atoms with Crippen molar-refractivity contribution < 1.29 is 4.42 Å². The van der Waals surface area contributed by atoms with Crippen molar-refractivity contribution in [3.63, 3.8) is 0 Å². The second-order valence-electron chi connectivity index (χ2n) is 4.67. The highest BCUT2D eigenvalue weighted by Crippen LogP contribution is 2.22. The fraction of sp³-hybridized carbons (Fsp3) is 0.267. The third-order valence-electron chi connectivity index (χ3n) is 2.98. The maximum absolute atomic E-state index is 5.43. The normalized spacial score (nSPS) is 10.8. The summed E-state index contributed by atoms with van der Waals surface area (Å²) in [5, 5.41) is 13.7. The van der Waals surface area contributed by atoms with Crippen molar-refractivity contribution in [2.45, 2.75) is 26.8 Å². The highest BCUT2D eigenvalue weighted by atomic mass is 32.1. The Labute approximate surface area is 127 Å². The van der Waals surface area contributed by atoms with Crippen LogP contribution in [0.15, 0.2) is 34.9 Å². The summed E-state index contributed by atoms with van der Waals surface area (Å²) < 4.78 is 5.43. The van der Waals surface area contributed by atoms with Crippen LogP contribution in [-0.2, 0) is 13.0 Å². The van der Waals surface area contributed by atoms with Crippen molar-refractivity contribution in [1.29, 1.82) is 0 Å². The Morgan fingerprint density at radius 2 is 2.10 bits per heavy atom.